The summed E-state index contributed by atoms with van der Waals surface area (Å²) in [5.41, 5.74) is 2.31. The molecule has 6 heteroatoms. The number of ether oxygens (including phenoxy) is 2. The van der Waals surface area contributed by atoms with Gasteiger partial charge in [0.05, 0.1) is 20.8 Å². The van der Waals surface area contributed by atoms with Crippen molar-refractivity contribution in [2.45, 2.75) is 6.54 Å². The Morgan fingerprint density at radius 3 is 2.30 bits per heavy atom. The summed E-state index contributed by atoms with van der Waals surface area (Å²) in [5.74, 6) is 1.24. The first-order valence-electron chi connectivity index (χ1n) is 10.5. The van der Waals surface area contributed by atoms with Crippen molar-refractivity contribution < 1.29 is 14.3 Å². The summed E-state index contributed by atoms with van der Waals surface area (Å²) < 4.78 is 11.9. The van der Waals surface area contributed by atoms with Crippen LogP contribution in [0.15, 0.2) is 84.9 Å². The number of aromatic nitrogens is 1. The van der Waals surface area contributed by atoms with E-state index in [-0.39, 0.29) is 5.91 Å². The maximum Gasteiger partial charge on any atom is 0.260 e. The molecular formula is C27H22N2O3S. The van der Waals surface area contributed by atoms with Gasteiger partial charge in [0.25, 0.3) is 5.91 Å². The first-order chi connectivity index (χ1) is 16.2. The number of thiazole rings is 1. The number of anilines is 1. The SMILES string of the molecule is COc1ccc(OC)c2sc(N(Cc3ccccc3)C(=O)c3ccc4ccccc4c3)nc12. The molecule has 1 heterocycles. The number of nitrogens with zero attached hydrogens (tertiary/aromatic N) is 2. The molecule has 0 saturated carbocycles. The molecule has 4 aromatic carbocycles. The van der Waals surface area contributed by atoms with E-state index in [4.69, 9.17) is 14.5 Å². The van der Waals surface area contributed by atoms with Gasteiger partial charge in [-0.2, -0.15) is 0 Å². The molecule has 0 unspecified atom stereocenters. The molecule has 0 spiro atoms. The van der Waals surface area contributed by atoms with Gasteiger partial charge in [-0.15, -0.1) is 0 Å². The number of rotatable bonds is 6. The molecule has 0 fully saturated rings. The van der Waals surface area contributed by atoms with Crippen LogP contribution in [0.5, 0.6) is 11.5 Å². The minimum Gasteiger partial charge on any atom is -0.495 e. The molecule has 0 radical (unpaired) electrons. The predicted molar refractivity (Wildman–Crippen MR) is 134 cm³/mol. The van der Waals surface area contributed by atoms with Crippen molar-refractivity contribution in [3.05, 3.63) is 96.1 Å². The van der Waals surface area contributed by atoms with Gasteiger partial charge in [0.1, 0.15) is 21.7 Å². The predicted octanol–water partition coefficient (Wildman–Crippen LogP) is 6.31. The topological polar surface area (TPSA) is 51.7 Å². The third-order valence-corrected chi connectivity index (χ3v) is 6.65. The Balaban J connectivity index is 1.63. The molecular weight excluding hydrogens is 432 g/mol. The molecule has 5 aromatic rings. The Morgan fingerprint density at radius 1 is 0.848 bits per heavy atom. The van der Waals surface area contributed by atoms with E-state index >= 15 is 0 Å². The molecule has 0 saturated heterocycles. The number of carbonyl (C=O) groups is 1. The molecule has 0 bridgehead atoms. The van der Waals surface area contributed by atoms with Crippen molar-refractivity contribution in [2.75, 3.05) is 19.1 Å². The summed E-state index contributed by atoms with van der Waals surface area (Å²) in [7, 11) is 3.24. The third-order valence-electron chi connectivity index (χ3n) is 5.55. The standard InChI is InChI=1S/C27H22N2O3S/c1-31-22-14-15-23(32-2)25-24(22)28-27(33-25)29(17-18-8-4-3-5-9-18)26(30)21-13-12-19-10-6-7-11-20(19)16-21/h3-16H,17H2,1-2H3. The van der Waals surface area contributed by atoms with Crippen LogP contribution < -0.4 is 14.4 Å². The van der Waals surface area contributed by atoms with E-state index < -0.39 is 0 Å². The van der Waals surface area contributed by atoms with Crippen LogP contribution in [-0.2, 0) is 6.54 Å². The molecule has 0 aliphatic rings. The number of methoxy groups -OCH3 is 2. The van der Waals surface area contributed by atoms with Gasteiger partial charge < -0.3 is 9.47 Å². The highest BCUT2D eigenvalue weighted by molar-refractivity contribution is 7.22. The average molecular weight is 455 g/mol. The highest BCUT2D eigenvalue weighted by Crippen LogP contribution is 2.40. The minimum absolute atomic E-state index is 0.110. The van der Waals surface area contributed by atoms with E-state index in [1.54, 1.807) is 19.1 Å². The average Bonchev–Trinajstić information content (AvgIpc) is 3.32. The van der Waals surface area contributed by atoms with Gasteiger partial charge in [0.2, 0.25) is 0 Å². The lowest BCUT2D eigenvalue weighted by molar-refractivity contribution is 0.0985. The van der Waals surface area contributed by atoms with Crippen LogP contribution in [0.4, 0.5) is 5.13 Å². The van der Waals surface area contributed by atoms with Crippen LogP contribution in [0.3, 0.4) is 0 Å². The first-order valence-corrected chi connectivity index (χ1v) is 11.4. The van der Waals surface area contributed by atoms with Gasteiger partial charge in [-0.3, -0.25) is 9.69 Å². The number of hydrogen-bond acceptors (Lipinski definition) is 5. The third kappa shape index (κ3) is 4.01. The lowest BCUT2D eigenvalue weighted by atomic mass is 10.1. The zero-order valence-corrected chi connectivity index (χ0v) is 19.1. The lowest BCUT2D eigenvalue weighted by Crippen LogP contribution is -2.30. The normalized spacial score (nSPS) is 11.0. The zero-order chi connectivity index (χ0) is 22.8. The zero-order valence-electron chi connectivity index (χ0n) is 18.3. The lowest BCUT2D eigenvalue weighted by Gasteiger charge is -2.20. The van der Waals surface area contributed by atoms with Crippen LogP contribution in [0.1, 0.15) is 15.9 Å². The Labute approximate surface area is 195 Å². The molecule has 164 valence electrons. The quantitative estimate of drug-likeness (QED) is 0.302. The molecule has 0 aliphatic heterocycles. The molecule has 33 heavy (non-hydrogen) atoms. The number of hydrogen-bond donors (Lipinski definition) is 0. The van der Waals surface area contributed by atoms with Crippen molar-refractivity contribution in [1.82, 2.24) is 4.98 Å². The van der Waals surface area contributed by atoms with Crippen molar-refractivity contribution >= 4 is 43.4 Å². The molecule has 1 aromatic heterocycles. The Hall–Kier alpha value is -3.90. The van der Waals surface area contributed by atoms with Crippen molar-refractivity contribution in [3.63, 3.8) is 0 Å². The van der Waals surface area contributed by atoms with Gasteiger partial charge >= 0.3 is 0 Å². The summed E-state index contributed by atoms with van der Waals surface area (Å²) in [6.45, 7) is 0.400. The van der Waals surface area contributed by atoms with Gasteiger partial charge in [-0.25, -0.2) is 4.98 Å². The Bertz CT molecular complexity index is 1410. The van der Waals surface area contributed by atoms with Crippen LogP contribution in [-0.4, -0.2) is 25.1 Å². The number of fused-ring (bicyclic) bond motifs is 2. The fourth-order valence-corrected chi connectivity index (χ4v) is 4.93. The van der Waals surface area contributed by atoms with E-state index in [2.05, 4.69) is 0 Å². The second-order valence-electron chi connectivity index (χ2n) is 7.58. The highest BCUT2D eigenvalue weighted by Gasteiger charge is 2.24. The molecule has 5 rings (SSSR count). The largest absolute Gasteiger partial charge is 0.495 e. The van der Waals surface area contributed by atoms with Crippen molar-refractivity contribution in [3.8, 4) is 11.5 Å². The summed E-state index contributed by atoms with van der Waals surface area (Å²) in [4.78, 5) is 20.4. The summed E-state index contributed by atoms with van der Waals surface area (Å²) in [6, 6.07) is 27.4. The van der Waals surface area contributed by atoms with E-state index in [0.29, 0.717) is 34.3 Å². The van der Waals surface area contributed by atoms with E-state index in [1.165, 1.54) is 11.3 Å². The van der Waals surface area contributed by atoms with Crippen LogP contribution in [0, 0.1) is 0 Å². The fourth-order valence-electron chi connectivity index (χ4n) is 3.86. The minimum atomic E-state index is -0.110. The van der Waals surface area contributed by atoms with Gasteiger partial charge in [-0.05, 0) is 40.6 Å². The molecule has 0 aliphatic carbocycles. The second kappa shape index (κ2) is 8.92. The molecule has 0 N–H and O–H groups in total. The van der Waals surface area contributed by atoms with Crippen molar-refractivity contribution in [1.29, 1.82) is 0 Å². The molecule has 5 nitrogen and oxygen atoms in total. The maximum absolute atomic E-state index is 13.8. The van der Waals surface area contributed by atoms with E-state index in [1.807, 2.05) is 84.9 Å². The van der Waals surface area contributed by atoms with Crippen LogP contribution in [0.2, 0.25) is 0 Å². The van der Waals surface area contributed by atoms with Gasteiger partial charge in [-0.1, -0.05) is 72.0 Å². The maximum atomic E-state index is 13.8. The van der Waals surface area contributed by atoms with Gasteiger partial charge in [0.15, 0.2) is 5.13 Å². The second-order valence-corrected chi connectivity index (χ2v) is 8.56. The fraction of sp³-hybridized carbons (Fsp3) is 0.111. The first kappa shape index (κ1) is 21.0. The van der Waals surface area contributed by atoms with E-state index in [9.17, 15) is 4.79 Å². The summed E-state index contributed by atoms with van der Waals surface area (Å²) >= 11 is 1.42. The Morgan fingerprint density at radius 2 is 1.55 bits per heavy atom. The number of carbonyl (C=O) groups excluding carboxylic acids is 1. The van der Waals surface area contributed by atoms with Crippen molar-refractivity contribution in [2.24, 2.45) is 0 Å². The highest BCUT2D eigenvalue weighted by atomic mass is 32.1. The van der Waals surface area contributed by atoms with E-state index in [0.717, 1.165) is 21.0 Å². The Kier molecular flexibility index (Phi) is 5.67. The van der Waals surface area contributed by atoms with Crippen LogP contribution in [0.25, 0.3) is 21.0 Å². The summed E-state index contributed by atoms with van der Waals surface area (Å²) in [6.07, 6.45) is 0. The number of amides is 1. The monoisotopic (exact) mass is 454 g/mol. The smallest absolute Gasteiger partial charge is 0.260 e. The molecule has 1 amide bonds. The van der Waals surface area contributed by atoms with Crippen LogP contribution >= 0.6 is 11.3 Å². The number of benzene rings is 4. The molecule has 0 atom stereocenters. The van der Waals surface area contributed by atoms with Gasteiger partial charge in [0, 0.05) is 5.56 Å². The summed E-state index contributed by atoms with van der Waals surface area (Å²) in [5, 5.41) is 2.71.